The Labute approximate surface area is 96.3 Å². The molecule has 0 aliphatic carbocycles. The summed E-state index contributed by atoms with van der Waals surface area (Å²) < 4.78 is 12.9. The highest BCUT2D eigenvalue weighted by atomic mass is 35.5. The van der Waals surface area contributed by atoms with Crippen LogP contribution in [0.5, 0.6) is 0 Å². The van der Waals surface area contributed by atoms with Gasteiger partial charge in [0.25, 0.3) is 0 Å². The van der Waals surface area contributed by atoms with Gasteiger partial charge in [0.1, 0.15) is 5.82 Å². The van der Waals surface area contributed by atoms with E-state index in [2.05, 4.69) is 0 Å². The molecule has 0 saturated heterocycles. The number of hydrogen-bond acceptors (Lipinski definition) is 2. The van der Waals surface area contributed by atoms with Gasteiger partial charge < -0.3 is 5.73 Å². The Morgan fingerprint density at radius 3 is 2.73 bits per heavy atom. The average molecular weight is 242 g/mol. The SMILES string of the molecule is NCc1sccc1-c1ccc(F)cc1Cl. The lowest BCUT2D eigenvalue weighted by Gasteiger charge is -2.04. The molecule has 0 radical (unpaired) electrons. The summed E-state index contributed by atoms with van der Waals surface area (Å²) in [6, 6.07) is 6.35. The molecule has 4 heteroatoms. The van der Waals surface area contributed by atoms with Crippen molar-refractivity contribution in [1.29, 1.82) is 0 Å². The second-order valence-electron chi connectivity index (χ2n) is 3.09. The van der Waals surface area contributed by atoms with E-state index in [1.165, 1.54) is 12.1 Å². The van der Waals surface area contributed by atoms with Crippen LogP contribution in [0.15, 0.2) is 29.6 Å². The summed E-state index contributed by atoms with van der Waals surface area (Å²) in [6.45, 7) is 0.473. The van der Waals surface area contributed by atoms with Gasteiger partial charge >= 0.3 is 0 Å². The van der Waals surface area contributed by atoms with Crippen LogP contribution in [0.2, 0.25) is 5.02 Å². The summed E-state index contributed by atoms with van der Waals surface area (Å²) in [5.74, 6) is -0.326. The molecule has 0 aliphatic rings. The van der Waals surface area contributed by atoms with Crippen molar-refractivity contribution in [2.75, 3.05) is 0 Å². The molecule has 0 aliphatic heterocycles. The van der Waals surface area contributed by atoms with Crippen LogP contribution >= 0.6 is 22.9 Å². The fraction of sp³-hybridized carbons (Fsp3) is 0.0909. The molecule has 0 unspecified atom stereocenters. The summed E-state index contributed by atoms with van der Waals surface area (Å²) in [7, 11) is 0. The Morgan fingerprint density at radius 1 is 1.27 bits per heavy atom. The Bertz CT molecular complexity index is 481. The molecule has 2 N–H and O–H groups in total. The van der Waals surface area contributed by atoms with Gasteiger partial charge in [-0.05, 0) is 35.2 Å². The largest absolute Gasteiger partial charge is 0.326 e. The maximum atomic E-state index is 12.9. The lowest BCUT2D eigenvalue weighted by molar-refractivity contribution is 0.628. The van der Waals surface area contributed by atoms with Gasteiger partial charge in [-0.15, -0.1) is 11.3 Å². The van der Waals surface area contributed by atoms with E-state index in [4.69, 9.17) is 17.3 Å². The fourth-order valence-electron chi connectivity index (χ4n) is 1.45. The van der Waals surface area contributed by atoms with Crippen LogP contribution < -0.4 is 5.73 Å². The molecule has 0 fully saturated rings. The molecular weight excluding hydrogens is 233 g/mol. The Morgan fingerprint density at radius 2 is 2.07 bits per heavy atom. The smallest absolute Gasteiger partial charge is 0.124 e. The minimum Gasteiger partial charge on any atom is -0.326 e. The van der Waals surface area contributed by atoms with E-state index in [0.717, 1.165) is 16.0 Å². The maximum absolute atomic E-state index is 12.9. The summed E-state index contributed by atoms with van der Waals surface area (Å²) in [5.41, 5.74) is 7.43. The van der Waals surface area contributed by atoms with Gasteiger partial charge in [0, 0.05) is 17.0 Å². The highest BCUT2D eigenvalue weighted by molar-refractivity contribution is 7.10. The van der Waals surface area contributed by atoms with E-state index in [9.17, 15) is 4.39 Å². The highest BCUT2D eigenvalue weighted by Crippen LogP contribution is 2.33. The second-order valence-corrected chi connectivity index (χ2v) is 4.49. The van der Waals surface area contributed by atoms with Gasteiger partial charge in [-0.1, -0.05) is 11.6 Å². The number of halogens is 2. The molecule has 1 aromatic heterocycles. The minimum atomic E-state index is -0.326. The van der Waals surface area contributed by atoms with Crippen LogP contribution in [-0.2, 0) is 6.54 Å². The van der Waals surface area contributed by atoms with Crippen molar-refractivity contribution in [3.63, 3.8) is 0 Å². The Kier molecular flexibility index (Phi) is 3.05. The van der Waals surface area contributed by atoms with Gasteiger partial charge in [0.2, 0.25) is 0 Å². The molecule has 78 valence electrons. The van der Waals surface area contributed by atoms with E-state index in [0.29, 0.717) is 11.6 Å². The molecule has 0 saturated carbocycles. The van der Waals surface area contributed by atoms with Crippen molar-refractivity contribution in [1.82, 2.24) is 0 Å². The molecule has 15 heavy (non-hydrogen) atoms. The van der Waals surface area contributed by atoms with Crippen molar-refractivity contribution >= 4 is 22.9 Å². The third kappa shape index (κ3) is 2.04. The number of thiophene rings is 1. The summed E-state index contributed by atoms with van der Waals surface area (Å²) in [5, 5.41) is 2.38. The summed E-state index contributed by atoms with van der Waals surface area (Å²) in [6.07, 6.45) is 0. The standard InChI is InChI=1S/C11H9ClFNS/c12-10-5-7(13)1-2-8(10)9-3-4-15-11(9)6-14/h1-5H,6,14H2. The number of hydrogen-bond donors (Lipinski definition) is 1. The average Bonchev–Trinajstić information content (AvgIpc) is 2.65. The number of nitrogens with two attached hydrogens (primary N) is 1. The molecule has 0 atom stereocenters. The van der Waals surface area contributed by atoms with Gasteiger partial charge in [-0.3, -0.25) is 0 Å². The van der Waals surface area contributed by atoms with E-state index in [1.54, 1.807) is 17.4 Å². The molecule has 0 bridgehead atoms. The van der Waals surface area contributed by atoms with Crippen LogP contribution in [0.4, 0.5) is 4.39 Å². The van der Waals surface area contributed by atoms with Crippen LogP contribution in [0.1, 0.15) is 4.88 Å². The van der Waals surface area contributed by atoms with Crippen molar-refractivity contribution in [3.8, 4) is 11.1 Å². The van der Waals surface area contributed by atoms with Crippen molar-refractivity contribution in [2.24, 2.45) is 5.73 Å². The zero-order valence-corrected chi connectivity index (χ0v) is 9.41. The first-order valence-corrected chi connectivity index (χ1v) is 5.70. The minimum absolute atomic E-state index is 0.326. The predicted octanol–water partition coefficient (Wildman–Crippen LogP) is 3.67. The molecule has 1 aromatic carbocycles. The number of rotatable bonds is 2. The molecule has 1 nitrogen and oxygen atoms in total. The Balaban J connectivity index is 2.54. The van der Waals surface area contributed by atoms with Gasteiger partial charge in [0.15, 0.2) is 0 Å². The van der Waals surface area contributed by atoms with E-state index in [-0.39, 0.29) is 5.82 Å². The van der Waals surface area contributed by atoms with Crippen LogP contribution in [0, 0.1) is 5.82 Å². The topological polar surface area (TPSA) is 26.0 Å². The predicted molar refractivity (Wildman–Crippen MR) is 62.6 cm³/mol. The van der Waals surface area contributed by atoms with Crippen molar-refractivity contribution < 1.29 is 4.39 Å². The molecule has 2 rings (SSSR count). The monoisotopic (exact) mass is 241 g/mol. The van der Waals surface area contributed by atoms with Crippen LogP contribution in [0.25, 0.3) is 11.1 Å². The molecule has 0 amide bonds. The third-order valence-electron chi connectivity index (χ3n) is 2.15. The zero-order valence-electron chi connectivity index (χ0n) is 7.84. The summed E-state index contributed by atoms with van der Waals surface area (Å²) in [4.78, 5) is 1.06. The lowest BCUT2D eigenvalue weighted by Crippen LogP contribution is -1.95. The lowest BCUT2D eigenvalue weighted by atomic mass is 10.1. The first-order valence-electron chi connectivity index (χ1n) is 4.44. The first kappa shape index (κ1) is 10.6. The van der Waals surface area contributed by atoms with E-state index < -0.39 is 0 Å². The molecular formula is C11H9ClFNS. The number of benzene rings is 1. The summed E-state index contributed by atoms with van der Waals surface area (Å²) >= 11 is 7.55. The third-order valence-corrected chi connectivity index (χ3v) is 3.41. The van der Waals surface area contributed by atoms with Crippen molar-refractivity contribution in [2.45, 2.75) is 6.54 Å². The first-order chi connectivity index (χ1) is 7.22. The normalized spacial score (nSPS) is 10.6. The fourth-order valence-corrected chi connectivity index (χ4v) is 2.49. The van der Waals surface area contributed by atoms with E-state index in [1.807, 2.05) is 11.4 Å². The second kappa shape index (κ2) is 4.31. The zero-order chi connectivity index (χ0) is 10.8. The highest BCUT2D eigenvalue weighted by Gasteiger charge is 2.09. The van der Waals surface area contributed by atoms with Crippen LogP contribution in [0.3, 0.4) is 0 Å². The van der Waals surface area contributed by atoms with Crippen molar-refractivity contribution in [3.05, 3.63) is 45.4 Å². The van der Waals surface area contributed by atoms with Gasteiger partial charge in [-0.2, -0.15) is 0 Å². The molecule has 2 aromatic rings. The Hall–Kier alpha value is -0.900. The maximum Gasteiger partial charge on any atom is 0.124 e. The van der Waals surface area contributed by atoms with Gasteiger partial charge in [0.05, 0.1) is 5.02 Å². The van der Waals surface area contributed by atoms with Gasteiger partial charge in [-0.25, -0.2) is 4.39 Å². The molecule has 0 spiro atoms. The van der Waals surface area contributed by atoms with E-state index >= 15 is 0 Å². The van der Waals surface area contributed by atoms with Crippen LogP contribution in [-0.4, -0.2) is 0 Å². The molecule has 1 heterocycles. The quantitative estimate of drug-likeness (QED) is 0.853.